The maximum Gasteiger partial charge on any atom is 0.522 e. The molecule has 12 heteroatoms. The van der Waals surface area contributed by atoms with Crippen molar-refractivity contribution in [3.63, 3.8) is 0 Å². The SMILES string of the molecule is O=C(COC1CC(OC(F)(F)F)C1)NC1CC2CC1CC2NC(=O)[C@H]1CC(=O)c2cc(Cl)ccc2O1. The summed E-state index contributed by atoms with van der Waals surface area (Å²) < 4.78 is 51.6. The highest BCUT2D eigenvalue weighted by Crippen LogP contribution is 2.45. The number of hydrogen-bond donors (Lipinski definition) is 2. The molecule has 0 saturated heterocycles. The molecule has 1 heterocycles. The summed E-state index contributed by atoms with van der Waals surface area (Å²) >= 11 is 5.94. The quantitative estimate of drug-likeness (QED) is 0.561. The second-order valence-electron chi connectivity index (χ2n) is 9.98. The molecule has 196 valence electrons. The molecule has 4 aliphatic rings. The lowest BCUT2D eigenvalue weighted by Gasteiger charge is -2.35. The predicted octanol–water partition coefficient (Wildman–Crippen LogP) is 3.16. The van der Waals surface area contributed by atoms with Crippen LogP contribution >= 0.6 is 11.6 Å². The number of Topliss-reactive ketones (excluding diaryl/α,β-unsaturated/α-hetero) is 1. The molecule has 0 spiro atoms. The van der Waals surface area contributed by atoms with Crippen molar-refractivity contribution in [2.45, 2.75) is 75.3 Å². The van der Waals surface area contributed by atoms with Crippen molar-refractivity contribution in [3.8, 4) is 5.75 Å². The van der Waals surface area contributed by atoms with Gasteiger partial charge in [0.05, 0.1) is 24.2 Å². The first-order chi connectivity index (χ1) is 17.0. The molecule has 2 bridgehead atoms. The fourth-order valence-corrected chi connectivity index (χ4v) is 5.90. The molecular weight excluding hydrogens is 505 g/mol. The Labute approximate surface area is 210 Å². The molecule has 8 nitrogen and oxygen atoms in total. The molecule has 0 aromatic heterocycles. The lowest BCUT2D eigenvalue weighted by atomic mass is 9.90. The fourth-order valence-electron chi connectivity index (χ4n) is 5.73. The molecule has 1 aliphatic heterocycles. The molecular formula is C24H26ClF3N2O6. The van der Waals surface area contributed by atoms with Crippen LogP contribution in [0.4, 0.5) is 13.2 Å². The minimum atomic E-state index is -4.66. The number of nitrogens with one attached hydrogen (secondary N) is 2. The van der Waals surface area contributed by atoms with Crippen molar-refractivity contribution in [2.24, 2.45) is 11.8 Å². The summed E-state index contributed by atoms with van der Waals surface area (Å²) in [6.45, 7) is -0.211. The van der Waals surface area contributed by atoms with E-state index in [1.54, 1.807) is 12.1 Å². The van der Waals surface area contributed by atoms with Gasteiger partial charge in [-0.3, -0.25) is 19.1 Å². The zero-order chi connectivity index (χ0) is 25.6. The predicted molar refractivity (Wildman–Crippen MR) is 119 cm³/mol. The zero-order valence-corrected chi connectivity index (χ0v) is 19.9. The molecule has 2 amide bonds. The average Bonchev–Trinajstić information content (AvgIpc) is 3.34. The van der Waals surface area contributed by atoms with E-state index in [4.69, 9.17) is 21.1 Å². The van der Waals surface area contributed by atoms with E-state index in [1.807, 2.05) is 0 Å². The van der Waals surface area contributed by atoms with Crippen LogP contribution in [-0.2, 0) is 19.1 Å². The Morgan fingerprint density at radius 3 is 2.39 bits per heavy atom. The number of ether oxygens (including phenoxy) is 3. The Balaban J connectivity index is 1.03. The number of ketones is 1. The molecule has 1 aromatic carbocycles. The number of hydrogen-bond acceptors (Lipinski definition) is 6. The highest BCUT2D eigenvalue weighted by Gasteiger charge is 2.48. The maximum atomic E-state index is 12.8. The topological polar surface area (TPSA) is 103 Å². The van der Waals surface area contributed by atoms with Gasteiger partial charge in [0.15, 0.2) is 11.9 Å². The first-order valence-electron chi connectivity index (χ1n) is 12.0. The van der Waals surface area contributed by atoms with Crippen molar-refractivity contribution in [2.75, 3.05) is 6.61 Å². The van der Waals surface area contributed by atoms with Gasteiger partial charge in [-0.25, -0.2) is 0 Å². The third kappa shape index (κ3) is 5.63. The Kier molecular flexibility index (Phi) is 6.90. The molecule has 5 atom stereocenters. The highest BCUT2D eigenvalue weighted by molar-refractivity contribution is 6.31. The van der Waals surface area contributed by atoms with Crippen molar-refractivity contribution >= 4 is 29.2 Å². The van der Waals surface area contributed by atoms with E-state index in [9.17, 15) is 27.6 Å². The normalized spacial score (nSPS) is 32.9. The van der Waals surface area contributed by atoms with E-state index in [2.05, 4.69) is 15.4 Å². The standard InChI is InChI=1S/C24H26ClF3N2O6/c25-13-1-2-20-16(6-13)19(31)9-21(35-20)23(33)30-18-5-11-3-12(18)4-17(11)29-22(32)10-34-14-7-15(8-14)36-24(26,27)28/h1-2,6,11-12,14-15,17-18,21H,3-5,7-10H2,(H,29,32)(H,30,33)/t11?,12?,14?,15?,17?,18?,21-/m1/s1. The number of carbonyl (C=O) groups excluding carboxylic acids is 3. The van der Waals surface area contributed by atoms with Crippen LogP contribution < -0.4 is 15.4 Å². The molecule has 3 aliphatic carbocycles. The zero-order valence-electron chi connectivity index (χ0n) is 19.2. The van der Waals surface area contributed by atoms with E-state index < -0.39 is 24.7 Å². The summed E-state index contributed by atoms with van der Waals surface area (Å²) in [4.78, 5) is 37.5. The van der Waals surface area contributed by atoms with Crippen LogP contribution in [0.15, 0.2) is 18.2 Å². The van der Waals surface area contributed by atoms with Crippen LogP contribution in [0.25, 0.3) is 0 Å². The first kappa shape index (κ1) is 25.3. The summed E-state index contributed by atoms with van der Waals surface area (Å²) in [5.74, 6) is -0.0806. The molecule has 0 radical (unpaired) electrons. The molecule has 1 aromatic rings. The molecule has 5 rings (SSSR count). The third-order valence-electron chi connectivity index (χ3n) is 7.51. The second-order valence-corrected chi connectivity index (χ2v) is 10.4. The Morgan fingerprint density at radius 1 is 1.03 bits per heavy atom. The number of fused-ring (bicyclic) bond motifs is 3. The average molecular weight is 531 g/mol. The minimum Gasteiger partial charge on any atom is -0.479 e. The summed E-state index contributed by atoms with van der Waals surface area (Å²) in [7, 11) is 0. The van der Waals surface area contributed by atoms with E-state index in [-0.39, 0.29) is 67.4 Å². The maximum absolute atomic E-state index is 12.8. The van der Waals surface area contributed by atoms with Crippen LogP contribution in [0, 0.1) is 11.8 Å². The number of alkyl halides is 3. The van der Waals surface area contributed by atoms with Gasteiger partial charge in [-0.2, -0.15) is 0 Å². The number of halogens is 4. The van der Waals surface area contributed by atoms with E-state index in [0.29, 0.717) is 29.2 Å². The van der Waals surface area contributed by atoms with Gasteiger partial charge in [0, 0.05) is 29.9 Å². The lowest BCUT2D eigenvalue weighted by Crippen LogP contribution is -2.50. The van der Waals surface area contributed by atoms with Gasteiger partial charge in [0.1, 0.15) is 12.4 Å². The third-order valence-corrected chi connectivity index (χ3v) is 7.74. The van der Waals surface area contributed by atoms with Crippen LogP contribution in [0.5, 0.6) is 5.75 Å². The van der Waals surface area contributed by atoms with Crippen LogP contribution in [0.2, 0.25) is 5.02 Å². The highest BCUT2D eigenvalue weighted by atomic mass is 35.5. The Hall–Kier alpha value is -2.37. The van der Waals surface area contributed by atoms with Crippen LogP contribution in [0.3, 0.4) is 0 Å². The largest absolute Gasteiger partial charge is 0.522 e. The molecule has 3 saturated carbocycles. The number of carbonyl (C=O) groups is 3. The molecule has 4 unspecified atom stereocenters. The van der Waals surface area contributed by atoms with Gasteiger partial charge in [0.2, 0.25) is 5.91 Å². The van der Waals surface area contributed by atoms with Crippen molar-refractivity contribution < 1.29 is 41.8 Å². The number of rotatable bonds is 7. The van der Waals surface area contributed by atoms with E-state index in [0.717, 1.165) is 6.42 Å². The second kappa shape index (κ2) is 9.83. The number of amides is 2. The summed E-state index contributed by atoms with van der Waals surface area (Å²) in [6.07, 6.45) is -4.45. The summed E-state index contributed by atoms with van der Waals surface area (Å²) in [5.41, 5.74) is 0.376. The first-order valence-corrected chi connectivity index (χ1v) is 12.4. The van der Waals surface area contributed by atoms with Gasteiger partial charge in [-0.05, 0) is 49.3 Å². The van der Waals surface area contributed by atoms with Crippen molar-refractivity contribution in [1.29, 1.82) is 0 Å². The smallest absolute Gasteiger partial charge is 0.479 e. The van der Waals surface area contributed by atoms with Crippen molar-refractivity contribution in [1.82, 2.24) is 10.6 Å². The lowest BCUT2D eigenvalue weighted by molar-refractivity contribution is -0.357. The van der Waals surface area contributed by atoms with Crippen LogP contribution in [0.1, 0.15) is 48.9 Å². The molecule has 3 fully saturated rings. The van der Waals surface area contributed by atoms with Gasteiger partial charge in [-0.15, -0.1) is 13.2 Å². The van der Waals surface area contributed by atoms with E-state index >= 15 is 0 Å². The van der Waals surface area contributed by atoms with Gasteiger partial charge in [0.25, 0.3) is 5.91 Å². The minimum absolute atomic E-state index is 0.0360. The molecule has 2 N–H and O–H groups in total. The Bertz CT molecular complexity index is 1050. The van der Waals surface area contributed by atoms with Gasteiger partial charge in [-0.1, -0.05) is 11.6 Å². The van der Waals surface area contributed by atoms with E-state index in [1.165, 1.54) is 6.07 Å². The van der Waals surface area contributed by atoms with Gasteiger partial charge < -0.3 is 20.1 Å². The van der Waals surface area contributed by atoms with Gasteiger partial charge >= 0.3 is 6.36 Å². The summed E-state index contributed by atoms with van der Waals surface area (Å²) in [5, 5.41) is 6.40. The number of benzene rings is 1. The fraction of sp³-hybridized carbons (Fsp3) is 0.625. The van der Waals surface area contributed by atoms with Crippen LogP contribution in [-0.4, -0.2) is 61.0 Å². The summed E-state index contributed by atoms with van der Waals surface area (Å²) in [6, 6.07) is 4.63. The Morgan fingerprint density at radius 2 is 1.72 bits per heavy atom. The van der Waals surface area contributed by atoms with Crippen molar-refractivity contribution in [3.05, 3.63) is 28.8 Å². The monoisotopic (exact) mass is 530 g/mol. The molecule has 36 heavy (non-hydrogen) atoms.